The van der Waals surface area contributed by atoms with Gasteiger partial charge in [0.2, 0.25) is 0 Å². The first-order chi connectivity index (χ1) is 13.7. The quantitative estimate of drug-likeness (QED) is 0.735. The smallest absolute Gasteiger partial charge is 0.272 e. The summed E-state index contributed by atoms with van der Waals surface area (Å²) in [5, 5.41) is 3.21. The second kappa shape index (κ2) is 8.12. The number of rotatable bonds is 5. The van der Waals surface area contributed by atoms with Gasteiger partial charge in [-0.15, -0.1) is 0 Å². The van der Waals surface area contributed by atoms with Crippen molar-refractivity contribution in [3.8, 4) is 0 Å². The van der Waals surface area contributed by atoms with E-state index in [0.717, 1.165) is 17.1 Å². The van der Waals surface area contributed by atoms with Crippen molar-refractivity contribution in [2.24, 2.45) is 0 Å². The van der Waals surface area contributed by atoms with E-state index in [9.17, 15) is 9.18 Å². The summed E-state index contributed by atoms with van der Waals surface area (Å²) in [7, 11) is 0. The van der Waals surface area contributed by atoms with Gasteiger partial charge < -0.3 is 19.5 Å². The standard InChI is InChI=1S/C21H21FN4O2/c22-16-3-6-18(7-4-16)25-9-11-26(12-10-25)21(27)20-8-5-17(14-24-20)23-15-19-2-1-13-28-19/h1-8,13-14,23H,9-12,15H2. The van der Waals surface area contributed by atoms with Crippen LogP contribution in [0.2, 0.25) is 0 Å². The van der Waals surface area contributed by atoms with Gasteiger partial charge in [0.05, 0.1) is 24.7 Å². The molecular formula is C21H21FN4O2. The van der Waals surface area contributed by atoms with Crippen molar-refractivity contribution in [3.63, 3.8) is 0 Å². The summed E-state index contributed by atoms with van der Waals surface area (Å²) in [5.74, 6) is 0.515. The zero-order chi connectivity index (χ0) is 19.3. The summed E-state index contributed by atoms with van der Waals surface area (Å²) in [4.78, 5) is 21.0. The molecule has 1 aromatic carbocycles. The van der Waals surface area contributed by atoms with Gasteiger partial charge >= 0.3 is 0 Å². The van der Waals surface area contributed by atoms with Crippen LogP contribution in [0.25, 0.3) is 0 Å². The number of nitrogens with one attached hydrogen (secondary N) is 1. The van der Waals surface area contributed by atoms with Gasteiger partial charge in [-0.05, 0) is 48.5 Å². The van der Waals surface area contributed by atoms with Crippen LogP contribution in [-0.4, -0.2) is 42.0 Å². The van der Waals surface area contributed by atoms with Gasteiger partial charge in [0, 0.05) is 31.9 Å². The largest absolute Gasteiger partial charge is 0.467 e. The third-order valence-corrected chi connectivity index (χ3v) is 4.79. The molecule has 6 nitrogen and oxygen atoms in total. The average Bonchev–Trinajstić information content (AvgIpc) is 3.27. The molecule has 0 atom stereocenters. The number of halogens is 1. The summed E-state index contributed by atoms with van der Waals surface area (Å²) in [5.41, 5.74) is 2.23. The van der Waals surface area contributed by atoms with Gasteiger partial charge in [-0.1, -0.05) is 0 Å². The minimum Gasteiger partial charge on any atom is -0.467 e. The van der Waals surface area contributed by atoms with Crippen molar-refractivity contribution < 1.29 is 13.6 Å². The maximum absolute atomic E-state index is 13.1. The molecule has 3 aromatic rings. The van der Waals surface area contributed by atoms with Crippen molar-refractivity contribution in [2.75, 3.05) is 36.4 Å². The topological polar surface area (TPSA) is 61.6 Å². The lowest BCUT2D eigenvalue weighted by Crippen LogP contribution is -2.49. The monoisotopic (exact) mass is 380 g/mol. The summed E-state index contributed by atoms with van der Waals surface area (Å²) in [6.07, 6.45) is 3.29. The lowest BCUT2D eigenvalue weighted by atomic mass is 10.2. The Morgan fingerprint density at radius 2 is 1.86 bits per heavy atom. The molecule has 3 heterocycles. The fourth-order valence-corrected chi connectivity index (χ4v) is 3.21. The molecule has 2 aromatic heterocycles. The number of amides is 1. The van der Waals surface area contributed by atoms with Crippen LogP contribution in [0, 0.1) is 5.82 Å². The molecule has 144 valence electrons. The fraction of sp³-hybridized carbons (Fsp3) is 0.238. The highest BCUT2D eigenvalue weighted by Crippen LogP contribution is 2.18. The van der Waals surface area contributed by atoms with Gasteiger partial charge in [0.25, 0.3) is 5.91 Å². The maximum Gasteiger partial charge on any atom is 0.272 e. The Kier molecular flexibility index (Phi) is 5.23. The zero-order valence-corrected chi connectivity index (χ0v) is 15.3. The van der Waals surface area contributed by atoms with E-state index in [4.69, 9.17) is 4.42 Å². The summed E-state index contributed by atoms with van der Waals surface area (Å²) >= 11 is 0. The molecule has 28 heavy (non-hydrogen) atoms. The predicted molar refractivity (Wildman–Crippen MR) is 105 cm³/mol. The highest BCUT2D eigenvalue weighted by atomic mass is 19.1. The number of nitrogens with zero attached hydrogens (tertiary/aromatic N) is 3. The third-order valence-electron chi connectivity index (χ3n) is 4.79. The van der Waals surface area contributed by atoms with Crippen molar-refractivity contribution in [1.29, 1.82) is 0 Å². The number of hydrogen-bond acceptors (Lipinski definition) is 5. The van der Waals surface area contributed by atoms with Crippen LogP contribution < -0.4 is 10.2 Å². The number of carbonyl (C=O) groups is 1. The van der Waals surface area contributed by atoms with Crippen molar-refractivity contribution in [1.82, 2.24) is 9.88 Å². The molecule has 0 unspecified atom stereocenters. The molecule has 0 aliphatic carbocycles. The minimum atomic E-state index is -0.245. The van der Waals surface area contributed by atoms with Gasteiger partial charge in [-0.2, -0.15) is 0 Å². The second-order valence-electron chi connectivity index (χ2n) is 6.62. The molecule has 0 radical (unpaired) electrons. The lowest BCUT2D eigenvalue weighted by molar-refractivity contribution is 0.0741. The van der Waals surface area contributed by atoms with E-state index >= 15 is 0 Å². The Bertz CT molecular complexity index is 903. The molecule has 1 amide bonds. The predicted octanol–water partition coefficient (Wildman–Crippen LogP) is 3.39. The van der Waals surface area contributed by atoms with Crippen molar-refractivity contribution >= 4 is 17.3 Å². The number of aromatic nitrogens is 1. The molecule has 0 bridgehead atoms. The number of carbonyl (C=O) groups excluding carboxylic acids is 1. The van der Waals surface area contributed by atoms with Crippen LogP contribution in [-0.2, 0) is 6.54 Å². The molecule has 7 heteroatoms. The van der Waals surface area contributed by atoms with Gasteiger partial charge in [-0.3, -0.25) is 4.79 Å². The van der Waals surface area contributed by atoms with E-state index in [1.165, 1.54) is 12.1 Å². The number of anilines is 2. The summed E-state index contributed by atoms with van der Waals surface area (Å²) < 4.78 is 18.3. The molecule has 4 rings (SSSR count). The highest BCUT2D eigenvalue weighted by Gasteiger charge is 2.23. The molecule has 1 saturated heterocycles. The molecule has 1 fully saturated rings. The van der Waals surface area contributed by atoms with E-state index in [1.54, 1.807) is 35.6 Å². The third kappa shape index (κ3) is 4.14. The normalized spacial score (nSPS) is 14.2. The SMILES string of the molecule is O=C(c1ccc(NCc2ccco2)cn1)N1CCN(c2ccc(F)cc2)CC1. The van der Waals surface area contributed by atoms with Crippen LogP contribution in [0.1, 0.15) is 16.2 Å². The van der Waals surface area contributed by atoms with Crippen LogP contribution in [0.5, 0.6) is 0 Å². The summed E-state index contributed by atoms with van der Waals surface area (Å²) in [6.45, 7) is 3.19. The van der Waals surface area contributed by atoms with Crippen LogP contribution in [0.4, 0.5) is 15.8 Å². The fourth-order valence-electron chi connectivity index (χ4n) is 3.21. The van der Waals surface area contributed by atoms with Crippen LogP contribution in [0.3, 0.4) is 0 Å². The van der Waals surface area contributed by atoms with E-state index in [2.05, 4.69) is 15.2 Å². The second-order valence-corrected chi connectivity index (χ2v) is 6.62. The van der Waals surface area contributed by atoms with E-state index in [0.29, 0.717) is 38.4 Å². The number of pyridine rings is 1. The molecular weight excluding hydrogens is 359 g/mol. The first-order valence-corrected chi connectivity index (χ1v) is 9.21. The van der Waals surface area contributed by atoms with Gasteiger partial charge in [0.15, 0.2) is 0 Å². The van der Waals surface area contributed by atoms with E-state index in [-0.39, 0.29) is 11.7 Å². The first-order valence-electron chi connectivity index (χ1n) is 9.21. The number of furan rings is 1. The Morgan fingerprint density at radius 3 is 2.50 bits per heavy atom. The average molecular weight is 380 g/mol. The Hall–Kier alpha value is -3.35. The molecule has 1 aliphatic heterocycles. The van der Waals surface area contributed by atoms with Gasteiger partial charge in [0.1, 0.15) is 17.3 Å². The number of piperazine rings is 1. The molecule has 0 spiro atoms. The first kappa shape index (κ1) is 18.0. The van der Waals surface area contributed by atoms with E-state index in [1.807, 2.05) is 18.2 Å². The van der Waals surface area contributed by atoms with E-state index < -0.39 is 0 Å². The lowest BCUT2D eigenvalue weighted by Gasteiger charge is -2.36. The Balaban J connectivity index is 1.31. The Morgan fingerprint density at radius 1 is 1.07 bits per heavy atom. The Labute approximate surface area is 162 Å². The van der Waals surface area contributed by atoms with Crippen molar-refractivity contribution in [3.05, 3.63) is 78.3 Å². The highest BCUT2D eigenvalue weighted by molar-refractivity contribution is 5.92. The van der Waals surface area contributed by atoms with Gasteiger partial charge in [-0.25, -0.2) is 9.37 Å². The minimum absolute atomic E-state index is 0.0728. The molecule has 1 aliphatic rings. The summed E-state index contributed by atoms with van der Waals surface area (Å²) in [6, 6.07) is 13.8. The number of benzene rings is 1. The maximum atomic E-state index is 13.1. The van der Waals surface area contributed by atoms with Crippen molar-refractivity contribution in [2.45, 2.75) is 6.54 Å². The molecule has 1 N–H and O–H groups in total. The van der Waals surface area contributed by atoms with Crippen LogP contribution >= 0.6 is 0 Å². The zero-order valence-electron chi connectivity index (χ0n) is 15.3. The molecule has 0 saturated carbocycles. The number of hydrogen-bond donors (Lipinski definition) is 1. The van der Waals surface area contributed by atoms with Crippen LogP contribution in [0.15, 0.2) is 65.4 Å².